The molecule has 4 aromatic rings. The number of aryl methyl sites for hydroxylation is 1. The number of rotatable bonds is 10. The molecular weight excluding hydrogens is 480 g/mol. The molecule has 0 aliphatic carbocycles. The topological polar surface area (TPSA) is 18.5 Å². The van der Waals surface area contributed by atoms with Gasteiger partial charge in [-0.2, -0.15) is 4.39 Å². The van der Waals surface area contributed by atoms with Crippen LogP contribution in [-0.4, -0.2) is 7.11 Å². The van der Waals surface area contributed by atoms with Crippen LogP contribution in [0.3, 0.4) is 0 Å². The van der Waals surface area contributed by atoms with Crippen molar-refractivity contribution in [3.8, 4) is 33.8 Å². The number of methoxy groups -OCH3 is 1. The van der Waals surface area contributed by atoms with Gasteiger partial charge in [0.1, 0.15) is 12.4 Å². The average Bonchev–Trinajstić information content (AvgIpc) is 2.92. The van der Waals surface area contributed by atoms with Crippen LogP contribution in [0.15, 0.2) is 72.8 Å². The van der Waals surface area contributed by atoms with Crippen molar-refractivity contribution in [2.45, 2.75) is 39.2 Å². The quantitative estimate of drug-likeness (QED) is 0.157. The Kier molecular flexibility index (Phi) is 8.49. The number of hydrogen-bond donors (Lipinski definition) is 0. The molecule has 0 aliphatic heterocycles. The van der Waals surface area contributed by atoms with Crippen LogP contribution in [0, 0.1) is 23.3 Å². The summed E-state index contributed by atoms with van der Waals surface area (Å²) in [5.41, 5.74) is 2.56. The van der Waals surface area contributed by atoms with Gasteiger partial charge in [0.25, 0.3) is 0 Å². The standard InChI is InChI=1S/C31H28F4O2/c1-3-4-5-6-20-7-9-21(10-8-20)25-16-13-23(28(32)29(25)33)19-37-24-14-11-22(12-15-24)26-17-18-27(36-2)31(35)30(26)34/h7-18H,3-6,19H2,1-2H3. The van der Waals surface area contributed by atoms with Gasteiger partial charge in [-0.25, -0.2) is 13.2 Å². The summed E-state index contributed by atoms with van der Waals surface area (Å²) < 4.78 is 68.5. The Bertz CT molecular complexity index is 1350. The maximum Gasteiger partial charge on any atom is 0.201 e. The molecule has 6 heteroatoms. The van der Waals surface area contributed by atoms with E-state index >= 15 is 0 Å². The number of hydrogen-bond acceptors (Lipinski definition) is 2. The molecule has 0 saturated heterocycles. The first kappa shape index (κ1) is 26.3. The number of benzene rings is 4. The molecule has 0 aliphatic rings. The minimum absolute atomic E-state index is 0.0718. The smallest absolute Gasteiger partial charge is 0.201 e. The van der Waals surface area contributed by atoms with E-state index in [0.29, 0.717) is 16.9 Å². The molecule has 0 atom stereocenters. The number of unbranched alkanes of at least 4 members (excludes halogenated alkanes) is 2. The van der Waals surface area contributed by atoms with Crippen LogP contribution in [0.4, 0.5) is 17.6 Å². The summed E-state index contributed by atoms with van der Waals surface area (Å²) in [6.07, 6.45) is 4.38. The molecule has 2 nitrogen and oxygen atoms in total. The van der Waals surface area contributed by atoms with Crippen molar-refractivity contribution in [2.75, 3.05) is 7.11 Å². The van der Waals surface area contributed by atoms with E-state index in [1.165, 1.54) is 30.9 Å². The second-order valence-corrected chi connectivity index (χ2v) is 8.81. The molecular formula is C31H28F4O2. The van der Waals surface area contributed by atoms with E-state index in [-0.39, 0.29) is 29.0 Å². The van der Waals surface area contributed by atoms with E-state index in [1.807, 2.05) is 24.3 Å². The second-order valence-electron chi connectivity index (χ2n) is 8.81. The first-order valence-corrected chi connectivity index (χ1v) is 12.2. The maximum atomic E-state index is 14.9. The molecule has 0 N–H and O–H groups in total. The first-order chi connectivity index (χ1) is 17.9. The largest absolute Gasteiger partial charge is 0.494 e. The van der Waals surface area contributed by atoms with Crippen molar-refractivity contribution in [1.29, 1.82) is 0 Å². The minimum Gasteiger partial charge on any atom is -0.494 e. The number of ether oxygens (including phenoxy) is 2. The van der Waals surface area contributed by atoms with Crippen molar-refractivity contribution in [1.82, 2.24) is 0 Å². The highest BCUT2D eigenvalue weighted by atomic mass is 19.2. The summed E-state index contributed by atoms with van der Waals surface area (Å²) in [7, 11) is 1.26. The summed E-state index contributed by atoms with van der Waals surface area (Å²) in [5.74, 6) is -3.77. The van der Waals surface area contributed by atoms with Gasteiger partial charge in [0.05, 0.1) is 7.11 Å². The second kappa shape index (κ2) is 12.0. The van der Waals surface area contributed by atoms with Crippen LogP contribution in [0.25, 0.3) is 22.3 Å². The first-order valence-electron chi connectivity index (χ1n) is 12.2. The van der Waals surface area contributed by atoms with E-state index in [1.54, 1.807) is 30.3 Å². The normalized spacial score (nSPS) is 11.0. The van der Waals surface area contributed by atoms with Crippen molar-refractivity contribution in [3.63, 3.8) is 0 Å². The van der Waals surface area contributed by atoms with Gasteiger partial charge >= 0.3 is 0 Å². The lowest BCUT2D eigenvalue weighted by Crippen LogP contribution is -2.02. The molecule has 0 heterocycles. The fourth-order valence-corrected chi connectivity index (χ4v) is 4.16. The zero-order valence-electron chi connectivity index (χ0n) is 20.8. The Morgan fingerprint density at radius 2 is 1.22 bits per heavy atom. The molecule has 37 heavy (non-hydrogen) atoms. The molecule has 0 aromatic heterocycles. The van der Waals surface area contributed by atoms with Crippen LogP contribution >= 0.6 is 0 Å². The predicted molar refractivity (Wildman–Crippen MR) is 138 cm³/mol. The van der Waals surface area contributed by atoms with Crippen LogP contribution in [0.1, 0.15) is 37.3 Å². The van der Waals surface area contributed by atoms with Crippen molar-refractivity contribution in [2.24, 2.45) is 0 Å². The lowest BCUT2D eigenvalue weighted by Gasteiger charge is -2.12. The molecule has 0 bridgehead atoms. The Labute approximate surface area is 214 Å². The minimum atomic E-state index is -1.07. The van der Waals surface area contributed by atoms with Crippen molar-refractivity contribution < 1.29 is 27.0 Å². The Balaban J connectivity index is 1.43. The summed E-state index contributed by atoms with van der Waals surface area (Å²) in [4.78, 5) is 0. The Hall–Kier alpha value is -3.80. The monoisotopic (exact) mass is 508 g/mol. The predicted octanol–water partition coefficient (Wildman–Crippen LogP) is 8.90. The van der Waals surface area contributed by atoms with Gasteiger partial charge in [-0.15, -0.1) is 0 Å². The van der Waals surface area contributed by atoms with Gasteiger partial charge < -0.3 is 9.47 Å². The van der Waals surface area contributed by atoms with Crippen LogP contribution in [0.5, 0.6) is 11.5 Å². The molecule has 192 valence electrons. The van der Waals surface area contributed by atoms with Crippen LogP contribution in [0.2, 0.25) is 0 Å². The van der Waals surface area contributed by atoms with E-state index < -0.39 is 23.3 Å². The van der Waals surface area contributed by atoms with E-state index in [4.69, 9.17) is 9.47 Å². The molecule has 0 radical (unpaired) electrons. The van der Waals surface area contributed by atoms with Gasteiger partial charge in [0.15, 0.2) is 23.2 Å². The van der Waals surface area contributed by atoms with Gasteiger partial charge in [-0.1, -0.05) is 68.3 Å². The highest BCUT2D eigenvalue weighted by molar-refractivity contribution is 5.66. The van der Waals surface area contributed by atoms with E-state index in [2.05, 4.69) is 6.92 Å². The molecule has 0 amide bonds. The molecule has 4 aromatic carbocycles. The highest BCUT2D eigenvalue weighted by Gasteiger charge is 2.17. The third kappa shape index (κ3) is 5.96. The van der Waals surface area contributed by atoms with Gasteiger partial charge in [-0.3, -0.25) is 0 Å². The molecule has 0 saturated carbocycles. The number of halogens is 4. The maximum absolute atomic E-state index is 14.9. The highest BCUT2D eigenvalue weighted by Crippen LogP contribution is 2.31. The molecule has 0 spiro atoms. The van der Waals surface area contributed by atoms with Crippen LogP contribution in [-0.2, 0) is 13.0 Å². The lowest BCUT2D eigenvalue weighted by molar-refractivity contribution is 0.297. The molecule has 4 rings (SSSR count). The third-order valence-corrected chi connectivity index (χ3v) is 6.32. The zero-order valence-corrected chi connectivity index (χ0v) is 20.8. The molecule has 0 unspecified atom stereocenters. The fourth-order valence-electron chi connectivity index (χ4n) is 4.16. The van der Waals surface area contributed by atoms with Gasteiger partial charge in [0.2, 0.25) is 5.82 Å². The van der Waals surface area contributed by atoms with Crippen molar-refractivity contribution in [3.05, 3.63) is 107 Å². The fraction of sp³-hybridized carbons (Fsp3) is 0.226. The van der Waals surface area contributed by atoms with Gasteiger partial charge in [0, 0.05) is 16.7 Å². The Morgan fingerprint density at radius 1 is 0.622 bits per heavy atom. The Morgan fingerprint density at radius 3 is 1.84 bits per heavy atom. The average molecular weight is 509 g/mol. The molecule has 0 fully saturated rings. The zero-order chi connectivity index (χ0) is 26.4. The summed E-state index contributed by atoms with van der Waals surface area (Å²) in [5, 5.41) is 0. The van der Waals surface area contributed by atoms with E-state index in [0.717, 1.165) is 25.7 Å². The van der Waals surface area contributed by atoms with Crippen molar-refractivity contribution >= 4 is 0 Å². The summed E-state index contributed by atoms with van der Waals surface area (Å²) >= 11 is 0. The van der Waals surface area contributed by atoms with E-state index in [9.17, 15) is 17.6 Å². The van der Waals surface area contributed by atoms with Gasteiger partial charge in [-0.05, 0) is 53.8 Å². The SMILES string of the molecule is CCCCCc1ccc(-c2ccc(COc3ccc(-c4ccc(OC)c(F)c4F)cc3)c(F)c2F)cc1. The van der Waals surface area contributed by atoms with Crippen LogP contribution < -0.4 is 9.47 Å². The summed E-state index contributed by atoms with van der Waals surface area (Å²) in [6, 6.07) is 19.6. The summed E-state index contributed by atoms with van der Waals surface area (Å²) in [6.45, 7) is 1.96. The third-order valence-electron chi connectivity index (χ3n) is 6.32. The lowest BCUT2D eigenvalue weighted by atomic mass is 9.99.